The van der Waals surface area contributed by atoms with E-state index in [-0.39, 0.29) is 11.9 Å². The van der Waals surface area contributed by atoms with Crippen LogP contribution in [0.2, 0.25) is 0 Å². The molecular weight excluding hydrogens is 396 g/mol. The fourth-order valence-corrected chi connectivity index (χ4v) is 4.88. The molecule has 1 saturated carbocycles. The van der Waals surface area contributed by atoms with E-state index in [1.165, 1.54) is 7.11 Å². The van der Waals surface area contributed by atoms with Crippen molar-refractivity contribution in [2.24, 2.45) is 11.3 Å². The predicted octanol–water partition coefficient (Wildman–Crippen LogP) is 4.68. The molecular formula is C21H29BrO4. The van der Waals surface area contributed by atoms with Crippen LogP contribution in [-0.4, -0.2) is 30.9 Å². The van der Waals surface area contributed by atoms with Crippen LogP contribution in [0.5, 0.6) is 5.75 Å². The standard InChI is InChI=1S/C21H29BrO4/c1-5-11-21(24)13-6-12-20(2,19(23)26-4)18(21)10-7-15-14-16(25-3)8-9-17(15)22/h5,8-9,14,18,24H,1,6-7,10-13H2,2-4H3/t18-,20+,21+/m0/s1. The molecule has 2 rings (SSSR count). The predicted molar refractivity (Wildman–Crippen MR) is 106 cm³/mol. The van der Waals surface area contributed by atoms with Crippen molar-refractivity contribution < 1.29 is 19.4 Å². The van der Waals surface area contributed by atoms with E-state index in [1.54, 1.807) is 13.2 Å². The summed E-state index contributed by atoms with van der Waals surface area (Å²) < 4.78 is 11.4. The van der Waals surface area contributed by atoms with Crippen molar-refractivity contribution in [3.05, 3.63) is 40.9 Å². The second-order valence-corrected chi connectivity index (χ2v) is 8.26. The molecule has 1 aromatic rings. The Morgan fingerprint density at radius 1 is 1.42 bits per heavy atom. The Labute approximate surface area is 164 Å². The zero-order chi connectivity index (χ0) is 19.4. The van der Waals surface area contributed by atoms with Gasteiger partial charge in [0.2, 0.25) is 0 Å². The van der Waals surface area contributed by atoms with Crippen LogP contribution in [0, 0.1) is 11.3 Å². The van der Waals surface area contributed by atoms with Crippen LogP contribution < -0.4 is 4.74 Å². The van der Waals surface area contributed by atoms with Gasteiger partial charge in [0, 0.05) is 10.4 Å². The molecule has 1 aliphatic rings. The molecule has 0 saturated heterocycles. The van der Waals surface area contributed by atoms with Gasteiger partial charge in [-0.1, -0.05) is 22.0 Å². The summed E-state index contributed by atoms with van der Waals surface area (Å²) in [4.78, 5) is 12.6. The van der Waals surface area contributed by atoms with Gasteiger partial charge in [-0.2, -0.15) is 0 Å². The summed E-state index contributed by atoms with van der Waals surface area (Å²) in [7, 11) is 3.07. The van der Waals surface area contributed by atoms with Gasteiger partial charge >= 0.3 is 5.97 Å². The number of rotatable bonds is 7. The molecule has 0 radical (unpaired) electrons. The lowest BCUT2D eigenvalue weighted by Crippen LogP contribution is -2.53. The molecule has 1 fully saturated rings. The van der Waals surface area contributed by atoms with Crippen molar-refractivity contribution in [2.75, 3.05) is 14.2 Å². The second-order valence-electron chi connectivity index (χ2n) is 7.41. The van der Waals surface area contributed by atoms with E-state index in [1.807, 2.05) is 25.1 Å². The first-order valence-corrected chi connectivity index (χ1v) is 9.84. The van der Waals surface area contributed by atoms with Crippen LogP contribution in [-0.2, 0) is 16.0 Å². The third-order valence-electron chi connectivity index (χ3n) is 5.83. The van der Waals surface area contributed by atoms with Gasteiger partial charge in [0.25, 0.3) is 0 Å². The fraction of sp³-hybridized carbons (Fsp3) is 0.571. The number of ether oxygens (including phenoxy) is 2. The van der Waals surface area contributed by atoms with Gasteiger partial charge in [0.15, 0.2) is 0 Å². The van der Waals surface area contributed by atoms with E-state index >= 15 is 0 Å². The summed E-state index contributed by atoms with van der Waals surface area (Å²) in [5.41, 5.74) is -0.534. The van der Waals surface area contributed by atoms with E-state index in [0.29, 0.717) is 19.3 Å². The summed E-state index contributed by atoms with van der Waals surface area (Å²) in [5.74, 6) is 0.352. The maximum atomic E-state index is 12.6. The molecule has 3 atom stereocenters. The van der Waals surface area contributed by atoms with Crippen LogP contribution >= 0.6 is 15.9 Å². The number of carbonyl (C=O) groups excluding carboxylic acids is 1. The molecule has 0 aliphatic heterocycles. The number of methoxy groups -OCH3 is 2. The molecule has 1 N–H and O–H groups in total. The average Bonchev–Trinajstić information content (AvgIpc) is 2.62. The van der Waals surface area contributed by atoms with Crippen LogP contribution in [0.25, 0.3) is 0 Å². The van der Waals surface area contributed by atoms with Crippen molar-refractivity contribution >= 4 is 21.9 Å². The lowest BCUT2D eigenvalue weighted by Gasteiger charge is -2.49. The highest BCUT2D eigenvalue weighted by Gasteiger charge is 2.54. The molecule has 0 amide bonds. The molecule has 144 valence electrons. The first kappa shape index (κ1) is 21.0. The van der Waals surface area contributed by atoms with Crippen molar-refractivity contribution in [3.63, 3.8) is 0 Å². The van der Waals surface area contributed by atoms with Crippen molar-refractivity contribution in [2.45, 2.75) is 51.0 Å². The molecule has 26 heavy (non-hydrogen) atoms. The number of benzene rings is 1. The molecule has 1 aromatic carbocycles. The van der Waals surface area contributed by atoms with E-state index in [0.717, 1.165) is 35.0 Å². The Bertz CT molecular complexity index is 659. The maximum absolute atomic E-state index is 12.6. The first-order valence-electron chi connectivity index (χ1n) is 9.05. The second kappa shape index (κ2) is 8.57. The van der Waals surface area contributed by atoms with E-state index in [9.17, 15) is 9.90 Å². The number of hydrogen-bond acceptors (Lipinski definition) is 4. The number of esters is 1. The molecule has 0 spiro atoms. The molecule has 0 aromatic heterocycles. The number of aliphatic hydroxyl groups is 1. The molecule has 0 bridgehead atoms. The smallest absolute Gasteiger partial charge is 0.311 e. The largest absolute Gasteiger partial charge is 0.497 e. The Balaban J connectivity index is 2.32. The van der Waals surface area contributed by atoms with E-state index < -0.39 is 11.0 Å². The molecule has 0 heterocycles. The summed E-state index contributed by atoms with van der Waals surface area (Å²) in [5, 5.41) is 11.3. The summed E-state index contributed by atoms with van der Waals surface area (Å²) in [6.07, 6.45) is 5.84. The summed E-state index contributed by atoms with van der Waals surface area (Å²) in [6.45, 7) is 5.73. The quantitative estimate of drug-likeness (QED) is 0.509. The van der Waals surface area contributed by atoms with Gasteiger partial charge < -0.3 is 14.6 Å². The highest BCUT2D eigenvalue weighted by molar-refractivity contribution is 9.10. The zero-order valence-electron chi connectivity index (χ0n) is 15.9. The molecule has 5 heteroatoms. The Morgan fingerprint density at radius 3 is 2.77 bits per heavy atom. The molecule has 1 aliphatic carbocycles. The first-order chi connectivity index (χ1) is 12.3. The van der Waals surface area contributed by atoms with Gasteiger partial charge in [-0.15, -0.1) is 6.58 Å². The molecule has 4 nitrogen and oxygen atoms in total. The minimum absolute atomic E-state index is 0.202. The van der Waals surface area contributed by atoms with Crippen LogP contribution in [0.3, 0.4) is 0 Å². The Hall–Kier alpha value is -1.33. The normalized spacial score (nSPS) is 28.4. The number of halogens is 1. The van der Waals surface area contributed by atoms with Crippen molar-refractivity contribution in [1.82, 2.24) is 0 Å². The van der Waals surface area contributed by atoms with Gasteiger partial charge in [-0.25, -0.2) is 0 Å². The monoisotopic (exact) mass is 424 g/mol. The average molecular weight is 425 g/mol. The lowest BCUT2D eigenvalue weighted by atomic mass is 9.58. The highest BCUT2D eigenvalue weighted by Crippen LogP contribution is 2.51. The summed E-state index contributed by atoms with van der Waals surface area (Å²) in [6, 6.07) is 5.86. The van der Waals surface area contributed by atoms with Gasteiger partial charge in [-0.05, 0) is 69.2 Å². The lowest BCUT2D eigenvalue weighted by molar-refractivity contribution is -0.173. The number of aryl methyl sites for hydroxylation is 1. The SMILES string of the molecule is C=CC[C@@]1(O)CCC[C@@](C)(C(=O)OC)[C@@H]1CCc1cc(OC)ccc1Br. The highest BCUT2D eigenvalue weighted by atomic mass is 79.9. The van der Waals surface area contributed by atoms with Gasteiger partial charge in [0.1, 0.15) is 5.75 Å². The minimum atomic E-state index is -0.936. The summed E-state index contributed by atoms with van der Waals surface area (Å²) >= 11 is 3.59. The zero-order valence-corrected chi connectivity index (χ0v) is 17.5. The van der Waals surface area contributed by atoms with Gasteiger partial charge in [0.05, 0.1) is 25.2 Å². The van der Waals surface area contributed by atoms with Crippen LogP contribution in [0.4, 0.5) is 0 Å². The van der Waals surface area contributed by atoms with E-state index in [4.69, 9.17) is 9.47 Å². The number of carbonyl (C=O) groups is 1. The minimum Gasteiger partial charge on any atom is -0.497 e. The van der Waals surface area contributed by atoms with Crippen LogP contribution in [0.1, 0.15) is 44.6 Å². The van der Waals surface area contributed by atoms with Gasteiger partial charge in [-0.3, -0.25) is 4.79 Å². The third kappa shape index (κ3) is 4.15. The van der Waals surface area contributed by atoms with Crippen LogP contribution in [0.15, 0.2) is 35.3 Å². The number of hydrogen-bond donors (Lipinski definition) is 1. The van der Waals surface area contributed by atoms with Crippen molar-refractivity contribution in [1.29, 1.82) is 0 Å². The molecule has 0 unspecified atom stereocenters. The fourth-order valence-electron chi connectivity index (χ4n) is 4.43. The Morgan fingerprint density at radius 2 is 2.15 bits per heavy atom. The van der Waals surface area contributed by atoms with E-state index in [2.05, 4.69) is 22.5 Å². The maximum Gasteiger partial charge on any atom is 0.311 e. The topological polar surface area (TPSA) is 55.8 Å². The Kier molecular flexibility index (Phi) is 6.92. The third-order valence-corrected chi connectivity index (χ3v) is 6.60. The van der Waals surface area contributed by atoms with Crippen molar-refractivity contribution in [3.8, 4) is 5.75 Å².